The molecule has 10 heteroatoms. The van der Waals surface area contributed by atoms with Crippen molar-refractivity contribution in [2.75, 3.05) is 27.4 Å². The molecule has 0 amide bonds. The van der Waals surface area contributed by atoms with Crippen molar-refractivity contribution < 1.29 is 19.3 Å². The Bertz CT molecular complexity index is 2710. The maximum Gasteiger partial charge on any atom is 0.143 e. The van der Waals surface area contributed by atoms with Gasteiger partial charge in [-0.2, -0.15) is 0 Å². The SMILES string of the molecule is COc1ccc(C(OCCCn2cc(-c3ccc4ccc5ccc(-c6cn(CCCO)nn6)c6ccc3c4c56)nn2)(c2ccccc2)c2ccc(OC)cc2)cc1. The van der Waals surface area contributed by atoms with Crippen molar-refractivity contribution in [1.29, 1.82) is 0 Å². The largest absolute Gasteiger partial charge is 0.497 e. The van der Waals surface area contributed by atoms with Gasteiger partial charge in [0.15, 0.2) is 0 Å². The summed E-state index contributed by atoms with van der Waals surface area (Å²) in [5, 5.41) is 34.3. The van der Waals surface area contributed by atoms with Crippen LogP contribution >= 0.6 is 0 Å². The molecule has 0 bridgehead atoms. The molecule has 0 aliphatic rings. The van der Waals surface area contributed by atoms with E-state index >= 15 is 0 Å². The van der Waals surface area contributed by atoms with E-state index in [4.69, 9.17) is 14.2 Å². The third-order valence-corrected chi connectivity index (χ3v) is 10.9. The molecule has 0 aliphatic carbocycles. The molecule has 0 fully saturated rings. The Labute approximate surface area is 330 Å². The van der Waals surface area contributed by atoms with Crippen molar-refractivity contribution in [3.8, 4) is 34.0 Å². The Kier molecular flexibility index (Phi) is 9.80. The van der Waals surface area contributed by atoms with Gasteiger partial charge in [0.25, 0.3) is 0 Å². The first kappa shape index (κ1) is 36.0. The van der Waals surface area contributed by atoms with Crippen LogP contribution in [-0.2, 0) is 23.4 Å². The quantitative estimate of drug-likeness (QED) is 0.0628. The summed E-state index contributed by atoms with van der Waals surface area (Å²) in [4.78, 5) is 0. The Morgan fingerprint density at radius 2 is 1.02 bits per heavy atom. The molecule has 2 aromatic heterocycles. The highest BCUT2D eigenvalue weighted by atomic mass is 16.5. The predicted molar refractivity (Wildman–Crippen MR) is 223 cm³/mol. The van der Waals surface area contributed by atoms with E-state index in [0.29, 0.717) is 32.5 Å². The number of aryl methyl sites for hydroxylation is 2. The second-order valence-corrected chi connectivity index (χ2v) is 14.2. The van der Waals surface area contributed by atoms with E-state index in [1.807, 2.05) is 59.5 Å². The molecule has 0 spiro atoms. The van der Waals surface area contributed by atoms with E-state index in [1.54, 1.807) is 18.9 Å². The van der Waals surface area contributed by atoms with Crippen molar-refractivity contribution in [3.05, 3.63) is 156 Å². The number of ether oxygens (including phenoxy) is 3. The molecule has 0 atom stereocenters. The average molecular weight is 755 g/mol. The van der Waals surface area contributed by atoms with Crippen molar-refractivity contribution in [3.63, 3.8) is 0 Å². The fourth-order valence-electron chi connectivity index (χ4n) is 8.07. The average Bonchev–Trinajstić information content (AvgIpc) is 3.95. The van der Waals surface area contributed by atoms with E-state index in [0.717, 1.165) is 72.2 Å². The lowest BCUT2D eigenvalue weighted by atomic mass is 9.80. The van der Waals surface area contributed by atoms with E-state index in [-0.39, 0.29) is 6.61 Å². The Morgan fingerprint density at radius 1 is 0.544 bits per heavy atom. The molecular weight excluding hydrogens is 713 g/mol. The summed E-state index contributed by atoms with van der Waals surface area (Å²) in [6.07, 6.45) is 5.32. The molecule has 0 aliphatic heterocycles. The number of hydrogen-bond donors (Lipinski definition) is 1. The standard InChI is InChI=1S/C47H42N6O4/c1-55-37-18-14-35(15-19-37)47(34-8-4-3-5-9-34,36-16-20-38(56-2)21-17-36)57-29-7-27-53-31-44(49-51-53)40-23-13-33-11-10-32-12-22-39(41-24-25-42(40)46(33)45(32)41)43-30-52(50-48-43)26-6-28-54/h3-5,8-25,30-31,54H,6-7,26-29H2,1-2H3. The van der Waals surface area contributed by atoms with Gasteiger partial charge in [-0.15, -0.1) is 10.2 Å². The number of nitrogens with zero attached hydrogens (tertiary/aromatic N) is 6. The van der Waals surface area contributed by atoms with E-state index < -0.39 is 5.60 Å². The molecule has 57 heavy (non-hydrogen) atoms. The van der Waals surface area contributed by atoms with Gasteiger partial charge in [-0.1, -0.05) is 114 Å². The maximum absolute atomic E-state index is 9.28. The Hall–Kier alpha value is -6.62. The summed E-state index contributed by atoms with van der Waals surface area (Å²) in [5.41, 5.74) is 5.81. The van der Waals surface area contributed by atoms with Crippen LogP contribution in [-0.4, -0.2) is 62.5 Å². The van der Waals surface area contributed by atoms with Crippen LogP contribution in [0.1, 0.15) is 29.5 Å². The highest BCUT2D eigenvalue weighted by molar-refractivity contribution is 6.27. The van der Waals surface area contributed by atoms with Gasteiger partial charge in [0.1, 0.15) is 28.5 Å². The lowest BCUT2D eigenvalue weighted by Gasteiger charge is -2.36. The minimum absolute atomic E-state index is 0.116. The highest BCUT2D eigenvalue weighted by Crippen LogP contribution is 2.43. The summed E-state index contributed by atoms with van der Waals surface area (Å²) in [5.74, 6) is 1.56. The topological polar surface area (TPSA) is 109 Å². The van der Waals surface area contributed by atoms with Gasteiger partial charge < -0.3 is 19.3 Å². The van der Waals surface area contributed by atoms with Gasteiger partial charge in [-0.3, -0.25) is 9.36 Å². The molecule has 2 heterocycles. The number of methoxy groups -OCH3 is 2. The Morgan fingerprint density at radius 3 is 1.51 bits per heavy atom. The molecule has 284 valence electrons. The first-order valence-electron chi connectivity index (χ1n) is 19.2. The van der Waals surface area contributed by atoms with Crippen LogP contribution in [0, 0.1) is 0 Å². The molecule has 0 unspecified atom stereocenters. The van der Waals surface area contributed by atoms with Gasteiger partial charge in [0, 0.05) is 30.8 Å². The number of aliphatic hydroxyl groups excluding tert-OH is 1. The summed E-state index contributed by atoms with van der Waals surface area (Å²) >= 11 is 0. The number of aliphatic hydroxyl groups is 1. The van der Waals surface area contributed by atoms with Crippen LogP contribution < -0.4 is 9.47 Å². The van der Waals surface area contributed by atoms with Crippen LogP contribution in [0.2, 0.25) is 0 Å². The predicted octanol–water partition coefficient (Wildman–Crippen LogP) is 8.90. The smallest absolute Gasteiger partial charge is 0.143 e. The highest BCUT2D eigenvalue weighted by Gasteiger charge is 2.37. The molecule has 1 N–H and O–H groups in total. The van der Waals surface area contributed by atoms with Crippen LogP contribution in [0.25, 0.3) is 54.8 Å². The van der Waals surface area contributed by atoms with Crippen molar-refractivity contribution >= 4 is 32.3 Å². The number of hydrogen-bond acceptors (Lipinski definition) is 8. The van der Waals surface area contributed by atoms with Crippen LogP contribution in [0.5, 0.6) is 11.5 Å². The third-order valence-electron chi connectivity index (χ3n) is 10.9. The van der Waals surface area contributed by atoms with Crippen molar-refractivity contribution in [2.24, 2.45) is 0 Å². The summed E-state index contributed by atoms with van der Waals surface area (Å²) in [7, 11) is 3.35. The minimum Gasteiger partial charge on any atom is -0.497 e. The zero-order valence-electron chi connectivity index (χ0n) is 31.9. The fourth-order valence-corrected chi connectivity index (χ4v) is 8.07. The van der Waals surface area contributed by atoms with E-state index in [2.05, 4.69) is 106 Å². The number of rotatable bonds is 15. The zero-order chi connectivity index (χ0) is 38.8. The van der Waals surface area contributed by atoms with Gasteiger partial charge in [0.05, 0.1) is 33.2 Å². The van der Waals surface area contributed by atoms with Crippen molar-refractivity contribution in [1.82, 2.24) is 30.0 Å². The first-order valence-corrected chi connectivity index (χ1v) is 19.2. The summed E-state index contributed by atoms with van der Waals surface area (Å²) < 4.78 is 21.8. The first-order chi connectivity index (χ1) is 28.1. The van der Waals surface area contributed by atoms with E-state index in [9.17, 15) is 5.11 Å². The summed E-state index contributed by atoms with van der Waals surface area (Å²) in [6.45, 7) is 1.81. The lowest BCUT2D eigenvalue weighted by molar-refractivity contribution is 0.00962. The molecule has 9 rings (SSSR count). The van der Waals surface area contributed by atoms with Gasteiger partial charge in [0.2, 0.25) is 0 Å². The Balaban J connectivity index is 1.00. The second kappa shape index (κ2) is 15.5. The van der Waals surface area contributed by atoms with Gasteiger partial charge in [-0.25, -0.2) is 0 Å². The monoisotopic (exact) mass is 754 g/mol. The molecule has 0 saturated heterocycles. The van der Waals surface area contributed by atoms with Gasteiger partial charge >= 0.3 is 0 Å². The molecule has 0 saturated carbocycles. The van der Waals surface area contributed by atoms with Crippen LogP contribution in [0.3, 0.4) is 0 Å². The zero-order valence-corrected chi connectivity index (χ0v) is 31.9. The lowest BCUT2D eigenvalue weighted by Crippen LogP contribution is -2.33. The van der Waals surface area contributed by atoms with Crippen LogP contribution in [0.15, 0.2) is 140 Å². The van der Waals surface area contributed by atoms with E-state index in [1.165, 1.54) is 10.8 Å². The molecular formula is C47H42N6O4. The normalized spacial score (nSPS) is 11.9. The fraction of sp³-hybridized carbons (Fsp3) is 0.191. The maximum atomic E-state index is 9.28. The van der Waals surface area contributed by atoms with Gasteiger partial charge in [-0.05, 0) is 86.1 Å². The molecule has 9 aromatic rings. The molecule has 0 radical (unpaired) electrons. The number of benzene rings is 7. The van der Waals surface area contributed by atoms with Crippen LogP contribution in [0.4, 0.5) is 0 Å². The minimum atomic E-state index is -0.884. The summed E-state index contributed by atoms with van der Waals surface area (Å²) in [6, 6.07) is 43.8. The molecule has 10 nitrogen and oxygen atoms in total. The number of aromatic nitrogens is 6. The third kappa shape index (κ3) is 6.62. The van der Waals surface area contributed by atoms with Crippen molar-refractivity contribution in [2.45, 2.75) is 31.5 Å². The second-order valence-electron chi connectivity index (χ2n) is 14.2. The molecule has 7 aromatic carbocycles.